The average molecular weight is 299 g/mol. The van der Waals surface area contributed by atoms with Gasteiger partial charge in [0.05, 0.1) is 15.7 Å². The molecule has 1 N–H and O–H groups in total. The van der Waals surface area contributed by atoms with E-state index in [0.29, 0.717) is 16.1 Å². The maximum Gasteiger partial charge on any atom is 0.125 e. The van der Waals surface area contributed by atoms with E-state index in [0.717, 1.165) is 22.8 Å². The van der Waals surface area contributed by atoms with Gasteiger partial charge in [-0.2, -0.15) is 0 Å². The maximum absolute atomic E-state index is 6.19. The van der Waals surface area contributed by atoms with Gasteiger partial charge in [-0.05, 0) is 18.9 Å². The van der Waals surface area contributed by atoms with Crippen molar-refractivity contribution in [2.45, 2.75) is 25.4 Å². The number of halogens is 2. The van der Waals surface area contributed by atoms with E-state index in [1.54, 1.807) is 17.4 Å². The first kappa shape index (κ1) is 12.4. The van der Waals surface area contributed by atoms with Crippen LogP contribution in [0.1, 0.15) is 18.5 Å². The summed E-state index contributed by atoms with van der Waals surface area (Å²) in [4.78, 5) is 4.60. The van der Waals surface area contributed by atoms with Crippen LogP contribution in [0.2, 0.25) is 10.0 Å². The summed E-state index contributed by atoms with van der Waals surface area (Å²) >= 11 is 13.8. The molecule has 0 spiro atoms. The monoisotopic (exact) mass is 298 g/mol. The van der Waals surface area contributed by atoms with Crippen molar-refractivity contribution in [1.82, 2.24) is 10.3 Å². The molecular formula is C13H12Cl2N2S. The summed E-state index contributed by atoms with van der Waals surface area (Å²) < 4.78 is 0. The molecule has 1 aliphatic rings. The van der Waals surface area contributed by atoms with E-state index in [4.69, 9.17) is 23.2 Å². The van der Waals surface area contributed by atoms with Crippen molar-refractivity contribution in [3.05, 3.63) is 39.3 Å². The Morgan fingerprint density at radius 2 is 2.17 bits per heavy atom. The Hall–Kier alpha value is -0.610. The lowest BCUT2D eigenvalue weighted by Gasteiger charge is -2.02. The molecule has 0 atom stereocenters. The molecule has 0 aliphatic heterocycles. The fourth-order valence-electron chi connectivity index (χ4n) is 1.72. The van der Waals surface area contributed by atoms with Crippen molar-refractivity contribution < 1.29 is 0 Å². The molecule has 94 valence electrons. The molecule has 2 nitrogen and oxygen atoms in total. The highest BCUT2D eigenvalue weighted by Crippen LogP contribution is 2.35. The fourth-order valence-corrected chi connectivity index (χ4v) is 3.01. The van der Waals surface area contributed by atoms with Gasteiger partial charge in [0.25, 0.3) is 0 Å². The number of nitrogens with zero attached hydrogens (tertiary/aromatic N) is 1. The normalized spacial score (nSPS) is 15.0. The Bertz CT molecular complexity index is 564. The minimum Gasteiger partial charge on any atom is -0.308 e. The molecule has 1 aromatic heterocycles. The van der Waals surface area contributed by atoms with Crippen LogP contribution in [-0.4, -0.2) is 11.0 Å². The molecule has 5 heteroatoms. The first-order chi connectivity index (χ1) is 8.74. The van der Waals surface area contributed by atoms with Crippen LogP contribution >= 0.6 is 34.5 Å². The molecule has 0 saturated heterocycles. The molecule has 18 heavy (non-hydrogen) atoms. The minimum absolute atomic E-state index is 0.571. The second-order valence-corrected chi connectivity index (χ2v) is 6.04. The second kappa shape index (κ2) is 5.17. The van der Waals surface area contributed by atoms with E-state index < -0.39 is 0 Å². The van der Waals surface area contributed by atoms with Crippen molar-refractivity contribution >= 4 is 34.5 Å². The Morgan fingerprint density at radius 1 is 1.33 bits per heavy atom. The number of nitrogens with one attached hydrogen (secondary N) is 1. The predicted molar refractivity (Wildman–Crippen MR) is 77.4 cm³/mol. The summed E-state index contributed by atoms with van der Waals surface area (Å²) in [6.07, 6.45) is 2.58. The van der Waals surface area contributed by atoms with Crippen molar-refractivity contribution in [1.29, 1.82) is 0 Å². The highest BCUT2D eigenvalue weighted by molar-refractivity contribution is 7.13. The lowest BCUT2D eigenvalue weighted by molar-refractivity contribution is 0.678. The van der Waals surface area contributed by atoms with Crippen LogP contribution in [0.15, 0.2) is 23.6 Å². The summed E-state index contributed by atoms with van der Waals surface area (Å²) in [6, 6.07) is 6.33. The van der Waals surface area contributed by atoms with Crippen molar-refractivity contribution in [2.24, 2.45) is 0 Å². The quantitative estimate of drug-likeness (QED) is 0.907. The Labute approximate surface area is 120 Å². The highest BCUT2D eigenvalue weighted by Gasteiger charge is 2.20. The third-order valence-electron chi connectivity index (χ3n) is 2.88. The van der Waals surface area contributed by atoms with Crippen LogP contribution < -0.4 is 5.32 Å². The average Bonchev–Trinajstić information content (AvgIpc) is 3.08. The SMILES string of the molecule is Clc1cccc(-c2nc(CNC3CC3)cs2)c1Cl. The van der Waals surface area contributed by atoms with Crippen LogP contribution in [0, 0.1) is 0 Å². The van der Waals surface area contributed by atoms with Crippen LogP contribution in [0.5, 0.6) is 0 Å². The smallest absolute Gasteiger partial charge is 0.125 e. The lowest BCUT2D eigenvalue weighted by atomic mass is 10.2. The standard InChI is InChI=1S/C13H12Cl2N2S/c14-11-3-1-2-10(12(11)15)13-17-9(7-18-13)6-16-8-4-5-8/h1-3,7-8,16H,4-6H2. The molecule has 1 aliphatic carbocycles. The first-order valence-corrected chi connectivity index (χ1v) is 7.50. The third kappa shape index (κ3) is 2.69. The second-order valence-electron chi connectivity index (χ2n) is 4.40. The van der Waals surface area contributed by atoms with E-state index in [1.807, 2.05) is 12.1 Å². The topological polar surface area (TPSA) is 24.9 Å². The van der Waals surface area contributed by atoms with Gasteiger partial charge < -0.3 is 5.32 Å². The zero-order valence-electron chi connectivity index (χ0n) is 9.62. The van der Waals surface area contributed by atoms with Gasteiger partial charge in [-0.15, -0.1) is 11.3 Å². The van der Waals surface area contributed by atoms with E-state index >= 15 is 0 Å². The van der Waals surface area contributed by atoms with Crippen LogP contribution in [0.25, 0.3) is 10.6 Å². The van der Waals surface area contributed by atoms with E-state index in [2.05, 4.69) is 15.7 Å². The van der Waals surface area contributed by atoms with Crippen molar-refractivity contribution in [3.63, 3.8) is 0 Å². The van der Waals surface area contributed by atoms with Gasteiger partial charge in [-0.25, -0.2) is 4.98 Å². The molecule has 0 amide bonds. The highest BCUT2D eigenvalue weighted by atomic mass is 35.5. The van der Waals surface area contributed by atoms with Gasteiger partial charge in [-0.3, -0.25) is 0 Å². The number of thiazole rings is 1. The van der Waals surface area contributed by atoms with Crippen LogP contribution in [0.3, 0.4) is 0 Å². The van der Waals surface area contributed by atoms with Crippen molar-refractivity contribution in [3.8, 4) is 10.6 Å². The lowest BCUT2D eigenvalue weighted by Crippen LogP contribution is -2.15. The minimum atomic E-state index is 0.571. The maximum atomic E-state index is 6.19. The summed E-state index contributed by atoms with van der Waals surface area (Å²) in [6.45, 7) is 0.833. The van der Waals surface area contributed by atoms with Gasteiger partial charge in [-0.1, -0.05) is 35.3 Å². The number of benzene rings is 1. The van der Waals surface area contributed by atoms with Gasteiger partial charge >= 0.3 is 0 Å². The molecule has 1 aromatic carbocycles. The Kier molecular flexibility index (Phi) is 3.57. The molecule has 0 radical (unpaired) electrons. The van der Waals surface area contributed by atoms with Crippen LogP contribution in [0.4, 0.5) is 0 Å². The molecule has 2 aromatic rings. The molecule has 0 bridgehead atoms. The van der Waals surface area contributed by atoms with E-state index in [9.17, 15) is 0 Å². The molecular weight excluding hydrogens is 287 g/mol. The summed E-state index contributed by atoms with van der Waals surface area (Å²) in [5.74, 6) is 0. The number of aromatic nitrogens is 1. The molecule has 1 saturated carbocycles. The molecule has 1 fully saturated rings. The summed E-state index contributed by atoms with van der Waals surface area (Å²) in [5, 5.41) is 7.60. The van der Waals surface area contributed by atoms with Gasteiger partial charge in [0.15, 0.2) is 0 Å². The summed E-state index contributed by atoms with van der Waals surface area (Å²) in [7, 11) is 0. The van der Waals surface area contributed by atoms with Crippen LogP contribution in [-0.2, 0) is 6.54 Å². The zero-order valence-corrected chi connectivity index (χ0v) is 11.9. The zero-order chi connectivity index (χ0) is 12.5. The molecule has 0 unspecified atom stereocenters. The third-order valence-corrected chi connectivity index (χ3v) is 4.63. The van der Waals surface area contributed by atoms with Crippen molar-refractivity contribution in [2.75, 3.05) is 0 Å². The number of hydrogen-bond donors (Lipinski definition) is 1. The van der Waals surface area contributed by atoms with Gasteiger partial charge in [0.1, 0.15) is 5.01 Å². The van der Waals surface area contributed by atoms with E-state index in [1.165, 1.54) is 12.8 Å². The Morgan fingerprint density at radius 3 is 2.94 bits per heavy atom. The number of rotatable bonds is 4. The Balaban J connectivity index is 1.80. The predicted octanol–water partition coefficient (Wildman–Crippen LogP) is 4.37. The molecule has 1 heterocycles. The number of hydrogen-bond acceptors (Lipinski definition) is 3. The van der Waals surface area contributed by atoms with E-state index in [-0.39, 0.29) is 0 Å². The first-order valence-electron chi connectivity index (χ1n) is 5.86. The largest absolute Gasteiger partial charge is 0.308 e. The van der Waals surface area contributed by atoms with Gasteiger partial charge in [0, 0.05) is 23.5 Å². The molecule has 3 rings (SSSR count). The van der Waals surface area contributed by atoms with Gasteiger partial charge in [0.2, 0.25) is 0 Å². The summed E-state index contributed by atoms with van der Waals surface area (Å²) in [5.41, 5.74) is 1.98. The fraction of sp³-hybridized carbons (Fsp3) is 0.308.